The van der Waals surface area contributed by atoms with Crippen molar-refractivity contribution in [3.63, 3.8) is 0 Å². The number of halogens is 2. The molecule has 4 nitrogen and oxygen atoms in total. The highest BCUT2D eigenvalue weighted by Crippen LogP contribution is 2.47. The van der Waals surface area contributed by atoms with Gasteiger partial charge in [0.15, 0.2) is 5.78 Å². The summed E-state index contributed by atoms with van der Waals surface area (Å²) in [5.41, 5.74) is 2.41. The summed E-state index contributed by atoms with van der Waals surface area (Å²) in [5.74, 6) is -1.78. The van der Waals surface area contributed by atoms with Crippen LogP contribution in [0.2, 0.25) is 0 Å². The van der Waals surface area contributed by atoms with Gasteiger partial charge in [-0.1, -0.05) is 22.0 Å². The molecule has 30 heavy (non-hydrogen) atoms. The third kappa shape index (κ3) is 3.76. The van der Waals surface area contributed by atoms with E-state index >= 15 is 0 Å². The van der Waals surface area contributed by atoms with E-state index in [9.17, 15) is 14.0 Å². The second-order valence-electron chi connectivity index (χ2n) is 7.42. The van der Waals surface area contributed by atoms with Crippen LogP contribution < -0.4 is 5.32 Å². The summed E-state index contributed by atoms with van der Waals surface area (Å²) in [6, 6.07) is 8.61. The summed E-state index contributed by atoms with van der Waals surface area (Å²) in [7, 11) is 0. The van der Waals surface area contributed by atoms with Gasteiger partial charge in [-0.25, -0.2) is 9.18 Å². The maximum atomic E-state index is 14.9. The molecule has 1 aromatic heterocycles. The van der Waals surface area contributed by atoms with Crippen molar-refractivity contribution in [1.82, 2.24) is 5.32 Å². The standard InChI is InChI=1S/C23H21BrFNO3S/c1-3-29-23(28)20-12(2)26-17-9-13(19-5-4-8-30-19)10-18(27)22(17)21(20)15-11-14(24)6-7-16(15)25/h4-8,11,13,21,26H,3,9-10H2,1-2H3/t13-,21+/m1/s1. The van der Waals surface area contributed by atoms with Crippen molar-refractivity contribution in [2.75, 3.05) is 6.61 Å². The first kappa shape index (κ1) is 21.0. The monoisotopic (exact) mass is 489 g/mol. The predicted octanol–water partition coefficient (Wildman–Crippen LogP) is 5.57. The van der Waals surface area contributed by atoms with Crippen LogP contribution in [-0.2, 0) is 14.3 Å². The van der Waals surface area contributed by atoms with Crippen LogP contribution in [0.15, 0.2) is 62.7 Å². The number of thiophene rings is 1. The number of esters is 1. The molecule has 0 bridgehead atoms. The van der Waals surface area contributed by atoms with Gasteiger partial charge in [0.05, 0.1) is 18.1 Å². The first-order chi connectivity index (χ1) is 14.4. The molecule has 0 fully saturated rings. The Balaban J connectivity index is 1.86. The lowest BCUT2D eigenvalue weighted by atomic mass is 9.72. The lowest BCUT2D eigenvalue weighted by Crippen LogP contribution is -2.36. The van der Waals surface area contributed by atoms with Gasteiger partial charge in [0, 0.05) is 44.2 Å². The van der Waals surface area contributed by atoms with Gasteiger partial charge in [-0.3, -0.25) is 4.79 Å². The third-order valence-corrected chi connectivity index (χ3v) is 7.07. The Hall–Kier alpha value is -2.25. The van der Waals surface area contributed by atoms with E-state index in [0.717, 1.165) is 10.6 Å². The van der Waals surface area contributed by atoms with Gasteiger partial charge in [0.25, 0.3) is 0 Å². The van der Waals surface area contributed by atoms with E-state index in [2.05, 4.69) is 21.2 Å². The first-order valence-electron chi connectivity index (χ1n) is 9.80. The highest BCUT2D eigenvalue weighted by molar-refractivity contribution is 9.10. The van der Waals surface area contributed by atoms with E-state index in [0.29, 0.717) is 34.1 Å². The number of hydrogen-bond acceptors (Lipinski definition) is 5. The Labute approximate surface area is 187 Å². The fourth-order valence-corrected chi connectivity index (χ4v) is 5.50. The number of carbonyl (C=O) groups excluding carboxylic acids is 2. The maximum absolute atomic E-state index is 14.9. The van der Waals surface area contributed by atoms with Crippen molar-refractivity contribution in [1.29, 1.82) is 0 Å². The summed E-state index contributed by atoms with van der Waals surface area (Å²) >= 11 is 5.02. The number of benzene rings is 1. The highest BCUT2D eigenvalue weighted by Gasteiger charge is 2.42. The second kappa shape index (κ2) is 8.47. The van der Waals surface area contributed by atoms with Crippen LogP contribution in [0.5, 0.6) is 0 Å². The first-order valence-corrected chi connectivity index (χ1v) is 11.5. The molecule has 0 radical (unpaired) electrons. The molecular formula is C23H21BrFNO3S. The quantitative estimate of drug-likeness (QED) is 0.569. The van der Waals surface area contributed by atoms with Crippen LogP contribution >= 0.6 is 27.3 Å². The molecule has 1 aliphatic carbocycles. The molecule has 2 aromatic rings. The van der Waals surface area contributed by atoms with E-state index in [-0.39, 0.29) is 23.9 Å². The largest absolute Gasteiger partial charge is 0.463 e. The van der Waals surface area contributed by atoms with Gasteiger partial charge >= 0.3 is 5.97 Å². The van der Waals surface area contributed by atoms with Crippen LogP contribution in [-0.4, -0.2) is 18.4 Å². The van der Waals surface area contributed by atoms with Crippen LogP contribution in [0.1, 0.15) is 49.0 Å². The molecule has 0 spiro atoms. The van der Waals surface area contributed by atoms with Crippen LogP contribution in [0, 0.1) is 5.82 Å². The minimum absolute atomic E-state index is 0.0687. The van der Waals surface area contributed by atoms with Gasteiger partial charge in [0.1, 0.15) is 5.82 Å². The molecule has 7 heteroatoms. The van der Waals surface area contributed by atoms with E-state index in [1.54, 1.807) is 37.3 Å². The maximum Gasteiger partial charge on any atom is 0.336 e. The molecule has 1 N–H and O–H groups in total. The molecule has 2 heterocycles. The van der Waals surface area contributed by atoms with Crippen molar-refractivity contribution in [3.8, 4) is 0 Å². The Bertz CT molecular complexity index is 1070. The third-order valence-electron chi connectivity index (χ3n) is 5.54. The number of allylic oxidation sites excluding steroid dienone is 3. The van der Waals surface area contributed by atoms with Gasteiger partial charge in [-0.2, -0.15) is 0 Å². The molecule has 0 unspecified atom stereocenters. The molecule has 0 saturated carbocycles. The number of ether oxygens (including phenoxy) is 1. The zero-order valence-corrected chi connectivity index (χ0v) is 19.0. The minimum atomic E-state index is -0.797. The lowest BCUT2D eigenvalue weighted by Gasteiger charge is -2.36. The van der Waals surface area contributed by atoms with Crippen molar-refractivity contribution < 1.29 is 18.7 Å². The van der Waals surface area contributed by atoms with Gasteiger partial charge in [-0.15, -0.1) is 11.3 Å². The number of dihydropyridines is 1. The molecule has 0 saturated heterocycles. The predicted molar refractivity (Wildman–Crippen MR) is 118 cm³/mol. The van der Waals surface area contributed by atoms with Crippen molar-refractivity contribution in [3.05, 3.63) is 79.0 Å². The lowest BCUT2D eigenvalue weighted by molar-refractivity contribution is -0.138. The smallest absolute Gasteiger partial charge is 0.336 e. The van der Waals surface area contributed by atoms with E-state index in [4.69, 9.17) is 4.74 Å². The summed E-state index contributed by atoms with van der Waals surface area (Å²) < 4.78 is 20.9. The summed E-state index contributed by atoms with van der Waals surface area (Å²) in [5, 5.41) is 5.27. The fourth-order valence-electron chi connectivity index (χ4n) is 4.29. The zero-order valence-electron chi connectivity index (χ0n) is 16.6. The normalized spacial score (nSPS) is 21.4. The highest BCUT2D eigenvalue weighted by atomic mass is 79.9. The van der Waals surface area contributed by atoms with Crippen molar-refractivity contribution in [2.45, 2.75) is 38.5 Å². The molecule has 1 aliphatic heterocycles. The van der Waals surface area contributed by atoms with Crippen LogP contribution in [0.3, 0.4) is 0 Å². The SMILES string of the molecule is CCOC(=O)C1=C(C)NC2=C(C(=O)C[C@H](c3cccs3)C2)[C@H]1c1cc(Br)ccc1F. The molecule has 2 aliphatic rings. The fraction of sp³-hybridized carbons (Fsp3) is 0.304. The van der Waals surface area contributed by atoms with Gasteiger partial charge in [0.2, 0.25) is 0 Å². The number of nitrogens with one attached hydrogen (secondary N) is 1. The number of Topliss-reactive ketones (excluding diaryl/α,β-unsaturated/α-hetero) is 1. The summed E-state index contributed by atoms with van der Waals surface area (Å²) in [6.45, 7) is 3.70. The Morgan fingerprint density at radius 1 is 1.33 bits per heavy atom. The molecule has 0 amide bonds. The molecule has 2 atom stereocenters. The van der Waals surface area contributed by atoms with Gasteiger partial charge in [-0.05, 0) is 49.9 Å². The number of rotatable bonds is 4. The van der Waals surface area contributed by atoms with E-state index in [1.807, 2.05) is 17.5 Å². The zero-order chi connectivity index (χ0) is 21.4. The van der Waals surface area contributed by atoms with E-state index < -0.39 is 17.7 Å². The summed E-state index contributed by atoms with van der Waals surface area (Å²) in [6.07, 6.45) is 0.976. The van der Waals surface area contributed by atoms with Crippen LogP contribution in [0.4, 0.5) is 4.39 Å². The average molecular weight is 490 g/mol. The molecule has 156 valence electrons. The minimum Gasteiger partial charge on any atom is -0.463 e. The van der Waals surface area contributed by atoms with Crippen LogP contribution in [0.25, 0.3) is 0 Å². The molecule has 4 rings (SSSR count). The van der Waals surface area contributed by atoms with Crippen molar-refractivity contribution >= 4 is 39.0 Å². The number of ketones is 1. The molecule has 1 aromatic carbocycles. The number of carbonyl (C=O) groups is 2. The topological polar surface area (TPSA) is 55.4 Å². The molecular weight excluding hydrogens is 469 g/mol. The van der Waals surface area contributed by atoms with Gasteiger partial charge < -0.3 is 10.1 Å². The Morgan fingerprint density at radius 3 is 2.83 bits per heavy atom. The Kier molecular flexibility index (Phi) is 5.93. The number of hydrogen-bond donors (Lipinski definition) is 1. The summed E-state index contributed by atoms with van der Waals surface area (Å²) in [4.78, 5) is 27.3. The average Bonchev–Trinajstić information content (AvgIpc) is 3.23. The van der Waals surface area contributed by atoms with Crippen molar-refractivity contribution in [2.24, 2.45) is 0 Å². The van der Waals surface area contributed by atoms with E-state index in [1.165, 1.54) is 6.07 Å². The second-order valence-corrected chi connectivity index (χ2v) is 9.31. The Morgan fingerprint density at radius 2 is 2.13 bits per heavy atom.